The molecule has 2 aliphatic rings. The molecule has 6 rings (SSSR count). The Bertz CT molecular complexity index is 1620. The van der Waals surface area contributed by atoms with Crippen molar-refractivity contribution in [1.29, 1.82) is 0 Å². The fourth-order valence-electron chi connectivity index (χ4n) is 4.79. The van der Waals surface area contributed by atoms with E-state index in [1.807, 2.05) is 6.07 Å². The van der Waals surface area contributed by atoms with E-state index in [9.17, 15) is 41.0 Å². The molecule has 0 aliphatic carbocycles. The van der Waals surface area contributed by atoms with Gasteiger partial charge in [0.25, 0.3) is 5.91 Å². The summed E-state index contributed by atoms with van der Waals surface area (Å²) in [6.45, 7) is 0.523. The zero-order valence-electron chi connectivity index (χ0n) is 22.8. The van der Waals surface area contributed by atoms with Crippen LogP contribution in [0.1, 0.15) is 23.1 Å². The number of amides is 2. The molecule has 0 aromatic heterocycles. The quantitative estimate of drug-likeness (QED) is 0.178. The maximum absolute atomic E-state index is 12.6. The fraction of sp³-hybridized carbons (Fsp3) is 0.188. The monoisotopic (exact) mass is 613 g/mol. The molecule has 12 heteroatoms. The number of nitrogens with one attached hydrogen (secondary N) is 3. The van der Waals surface area contributed by atoms with Crippen LogP contribution in [0.25, 0.3) is 22.3 Å². The van der Waals surface area contributed by atoms with Gasteiger partial charge in [-0.1, -0.05) is 36.4 Å². The van der Waals surface area contributed by atoms with Crippen molar-refractivity contribution in [2.75, 3.05) is 22.5 Å². The van der Waals surface area contributed by atoms with Crippen LogP contribution in [0.3, 0.4) is 0 Å². The largest absolute Gasteiger partial charge is 0.416 e. The summed E-state index contributed by atoms with van der Waals surface area (Å²) in [7, 11) is 0. The van der Waals surface area contributed by atoms with Gasteiger partial charge in [-0.2, -0.15) is 26.3 Å². The third-order valence-corrected chi connectivity index (χ3v) is 7.13. The molecule has 0 saturated carbocycles. The minimum atomic E-state index is -4.36. The van der Waals surface area contributed by atoms with Crippen LogP contribution in [0, 0.1) is 0 Å². The zero-order chi connectivity index (χ0) is 31.6. The van der Waals surface area contributed by atoms with Gasteiger partial charge in [-0.3, -0.25) is 9.59 Å². The Labute approximate surface area is 247 Å². The molecule has 0 spiro atoms. The van der Waals surface area contributed by atoms with Crippen molar-refractivity contribution in [3.05, 3.63) is 102 Å². The second-order valence-corrected chi connectivity index (χ2v) is 10.2. The average Bonchev–Trinajstić information content (AvgIpc) is 3.17. The van der Waals surface area contributed by atoms with Crippen LogP contribution in [0.5, 0.6) is 0 Å². The lowest BCUT2D eigenvalue weighted by molar-refractivity contribution is -0.138. The molecule has 0 saturated heterocycles. The predicted octanol–water partition coefficient (Wildman–Crippen LogP) is 7.35. The average molecular weight is 614 g/mol. The van der Waals surface area contributed by atoms with Crippen LogP contribution in [-0.2, 0) is 28.4 Å². The molecular formula is C32H25F6N3O3. The van der Waals surface area contributed by atoms with Gasteiger partial charge in [-0.15, -0.1) is 0 Å². The first-order chi connectivity index (χ1) is 20.8. The highest BCUT2D eigenvalue weighted by Gasteiger charge is 2.31. The maximum atomic E-state index is 12.6. The number of aliphatic hydroxyl groups excluding tert-OH is 1. The first-order valence-electron chi connectivity index (χ1n) is 13.4. The molecule has 4 N–H and O–H groups in total. The summed E-state index contributed by atoms with van der Waals surface area (Å²) in [6, 6.07) is 20.4. The molecule has 4 aromatic rings. The summed E-state index contributed by atoms with van der Waals surface area (Å²) in [5.41, 5.74) is 4.30. The number of alkyl halides is 6. The molecule has 0 radical (unpaired) electrons. The van der Waals surface area contributed by atoms with Crippen LogP contribution in [0.15, 0.2) is 84.9 Å². The summed E-state index contributed by atoms with van der Waals surface area (Å²) in [6.07, 6.45) is -9.23. The van der Waals surface area contributed by atoms with Crippen molar-refractivity contribution in [1.82, 2.24) is 0 Å². The maximum Gasteiger partial charge on any atom is 0.416 e. The normalized spacial score (nSPS) is 16.2. The Morgan fingerprint density at radius 1 is 0.614 bits per heavy atom. The highest BCUT2D eigenvalue weighted by molar-refractivity contribution is 5.98. The Kier molecular flexibility index (Phi) is 8.38. The van der Waals surface area contributed by atoms with Crippen molar-refractivity contribution < 1.29 is 41.0 Å². The minimum Gasteiger partial charge on any atom is -0.383 e. The molecule has 0 bridgehead atoms. The molecule has 2 amide bonds. The fourth-order valence-corrected chi connectivity index (χ4v) is 4.79. The first kappa shape index (κ1) is 30.6. The van der Waals surface area contributed by atoms with E-state index in [4.69, 9.17) is 0 Å². The number of anilines is 3. The van der Waals surface area contributed by atoms with E-state index < -0.39 is 35.5 Å². The minimum absolute atomic E-state index is 0.0615. The lowest BCUT2D eigenvalue weighted by Crippen LogP contribution is -2.34. The van der Waals surface area contributed by atoms with Gasteiger partial charge < -0.3 is 21.1 Å². The van der Waals surface area contributed by atoms with Gasteiger partial charge in [0.15, 0.2) is 0 Å². The topological polar surface area (TPSA) is 90.5 Å². The molecule has 6 nitrogen and oxygen atoms in total. The Balaban J connectivity index is 0.000000175. The van der Waals surface area contributed by atoms with E-state index in [2.05, 4.69) is 16.0 Å². The van der Waals surface area contributed by atoms with E-state index >= 15 is 0 Å². The number of halogens is 6. The summed E-state index contributed by atoms with van der Waals surface area (Å²) >= 11 is 0. The molecule has 0 fully saturated rings. The van der Waals surface area contributed by atoms with E-state index in [-0.39, 0.29) is 12.3 Å². The smallest absolute Gasteiger partial charge is 0.383 e. The highest BCUT2D eigenvalue weighted by atomic mass is 19.4. The van der Waals surface area contributed by atoms with Gasteiger partial charge >= 0.3 is 12.4 Å². The second kappa shape index (κ2) is 12.0. The lowest BCUT2D eigenvalue weighted by Gasteiger charge is -2.21. The molecule has 44 heavy (non-hydrogen) atoms. The van der Waals surface area contributed by atoms with Crippen LogP contribution < -0.4 is 16.0 Å². The zero-order valence-corrected chi connectivity index (χ0v) is 22.8. The Morgan fingerprint density at radius 2 is 1.11 bits per heavy atom. The summed E-state index contributed by atoms with van der Waals surface area (Å²) in [5, 5.41) is 18.1. The van der Waals surface area contributed by atoms with Gasteiger partial charge in [-0.25, -0.2) is 0 Å². The number of carbonyl (C=O) groups excluding carboxylic acids is 2. The molecule has 1 unspecified atom stereocenters. The van der Waals surface area contributed by atoms with E-state index in [1.165, 1.54) is 24.3 Å². The number of carbonyl (C=O) groups is 2. The van der Waals surface area contributed by atoms with E-state index in [0.29, 0.717) is 35.5 Å². The van der Waals surface area contributed by atoms with Crippen molar-refractivity contribution >= 4 is 28.9 Å². The van der Waals surface area contributed by atoms with Crippen molar-refractivity contribution in [3.63, 3.8) is 0 Å². The lowest BCUT2D eigenvalue weighted by atomic mass is 9.95. The molecule has 1 atom stereocenters. The molecule has 2 heterocycles. The third-order valence-electron chi connectivity index (χ3n) is 7.13. The predicted molar refractivity (Wildman–Crippen MR) is 154 cm³/mol. The van der Waals surface area contributed by atoms with Crippen LogP contribution in [0.4, 0.5) is 43.4 Å². The summed E-state index contributed by atoms with van der Waals surface area (Å²) in [4.78, 5) is 22.9. The number of hydrogen-bond acceptors (Lipinski definition) is 4. The number of aliphatic hydroxyl groups is 1. The van der Waals surface area contributed by atoms with Gasteiger partial charge in [0.1, 0.15) is 6.10 Å². The standard InChI is InChI=1S/C16H13F3N2O.C16H12F3NO2/c17-16(18,19)12-4-1-10(2-5-12)11-3-6-13-14(9-11)20-8-7-15(22)21-13;17-16(18,19)12-4-1-9(2-5-12)10-3-6-13-11(7-10)8-14(21)15(22)20-13/h1-6,9,20H,7-8H2,(H,21,22);1-7,14,21H,8H2,(H,20,22). The van der Waals surface area contributed by atoms with Crippen LogP contribution in [-0.4, -0.2) is 29.6 Å². The van der Waals surface area contributed by atoms with Crippen LogP contribution in [0.2, 0.25) is 0 Å². The summed E-state index contributed by atoms with van der Waals surface area (Å²) in [5.74, 6) is -0.511. The molecular weight excluding hydrogens is 588 g/mol. The molecule has 2 aliphatic heterocycles. The van der Waals surface area contributed by atoms with E-state index in [0.717, 1.165) is 46.6 Å². The molecule has 228 valence electrons. The van der Waals surface area contributed by atoms with Gasteiger partial charge in [0.05, 0.1) is 22.5 Å². The number of hydrogen-bond donors (Lipinski definition) is 4. The van der Waals surface area contributed by atoms with Crippen molar-refractivity contribution in [2.24, 2.45) is 0 Å². The Hall–Kier alpha value is -4.84. The number of fused-ring (bicyclic) bond motifs is 2. The third kappa shape index (κ3) is 7.03. The van der Waals surface area contributed by atoms with Crippen molar-refractivity contribution in [3.8, 4) is 22.3 Å². The van der Waals surface area contributed by atoms with Crippen molar-refractivity contribution in [2.45, 2.75) is 31.3 Å². The second-order valence-electron chi connectivity index (χ2n) is 10.2. The van der Waals surface area contributed by atoms with E-state index in [1.54, 1.807) is 30.3 Å². The number of benzene rings is 4. The van der Waals surface area contributed by atoms with Gasteiger partial charge in [0.2, 0.25) is 5.91 Å². The summed E-state index contributed by atoms with van der Waals surface area (Å²) < 4.78 is 75.4. The molecule has 4 aromatic carbocycles. The Morgan fingerprint density at radius 3 is 1.66 bits per heavy atom. The SMILES string of the molecule is O=C1CCNc2cc(-c3ccc(C(F)(F)F)cc3)ccc2N1.O=C1Nc2ccc(-c3ccc(C(F)(F)F)cc3)cc2CC1O. The first-order valence-corrected chi connectivity index (χ1v) is 13.4. The van der Waals surface area contributed by atoms with Gasteiger partial charge in [-0.05, 0) is 76.3 Å². The van der Waals surface area contributed by atoms with Gasteiger partial charge in [0, 0.05) is 25.1 Å². The van der Waals surface area contributed by atoms with Crippen LogP contribution >= 0.6 is 0 Å². The highest BCUT2D eigenvalue weighted by Crippen LogP contribution is 2.35. The number of rotatable bonds is 2.